The van der Waals surface area contributed by atoms with Crippen LogP contribution in [0.2, 0.25) is 0 Å². The van der Waals surface area contributed by atoms with Gasteiger partial charge in [0.1, 0.15) is 36.1 Å². The highest BCUT2D eigenvalue weighted by atomic mass is 16.9. The molecule has 1 saturated heterocycles. The Bertz CT molecular complexity index is 524. The summed E-state index contributed by atoms with van der Waals surface area (Å²) in [6, 6.07) is 0. The van der Waals surface area contributed by atoms with E-state index < -0.39 is 66.7 Å². The normalized spacial score (nSPS) is 29.0. The molecule has 0 bridgehead atoms. The number of hydrogen-bond donors (Lipinski definition) is 8. The van der Waals surface area contributed by atoms with Crippen LogP contribution in [0.5, 0.6) is 0 Å². The first-order valence-corrected chi connectivity index (χ1v) is 10.2. The molecule has 0 spiro atoms. The van der Waals surface area contributed by atoms with Crippen LogP contribution in [0.1, 0.15) is 40.5 Å². The lowest BCUT2D eigenvalue weighted by Gasteiger charge is -2.49. The minimum atomic E-state index is -1.77. The summed E-state index contributed by atoms with van der Waals surface area (Å²) in [4.78, 5) is 0. The molecule has 7 atom stereocenters. The minimum absolute atomic E-state index is 0.181. The predicted molar refractivity (Wildman–Crippen MR) is 104 cm³/mol. The topological polar surface area (TPSA) is 199 Å². The molecule has 1 fully saturated rings. The first-order chi connectivity index (χ1) is 14.2. The standard InChI is InChI=1S/C19H38O12/c1-6-9(20)12(22)13(23)10(21)7-19(4)30-16(31-19)15(25)14(24)11(28-5)8-29-18(2,3)17(26)27/h9-17,20-27H,6-8H2,1-5H3. The molecule has 1 rings (SSSR count). The maximum absolute atomic E-state index is 10.4. The van der Waals surface area contributed by atoms with Crippen LogP contribution in [0.15, 0.2) is 0 Å². The lowest BCUT2D eigenvalue weighted by molar-refractivity contribution is -0.472. The van der Waals surface area contributed by atoms with E-state index in [1.54, 1.807) is 6.92 Å². The van der Waals surface area contributed by atoms with Crippen molar-refractivity contribution in [3.63, 3.8) is 0 Å². The van der Waals surface area contributed by atoms with Crippen molar-refractivity contribution in [2.45, 2.75) is 107 Å². The van der Waals surface area contributed by atoms with E-state index in [1.807, 2.05) is 0 Å². The molecule has 186 valence electrons. The molecule has 8 N–H and O–H groups in total. The lowest BCUT2D eigenvalue weighted by Crippen LogP contribution is -2.62. The molecule has 0 radical (unpaired) electrons. The molecule has 12 heteroatoms. The van der Waals surface area contributed by atoms with E-state index in [9.17, 15) is 40.9 Å². The van der Waals surface area contributed by atoms with Gasteiger partial charge in [-0.3, -0.25) is 0 Å². The molecular formula is C19H38O12. The van der Waals surface area contributed by atoms with E-state index in [0.717, 1.165) is 0 Å². The van der Waals surface area contributed by atoms with Gasteiger partial charge in [0, 0.05) is 13.5 Å². The van der Waals surface area contributed by atoms with Crippen LogP contribution in [-0.2, 0) is 18.9 Å². The van der Waals surface area contributed by atoms with Crippen molar-refractivity contribution in [3.8, 4) is 0 Å². The highest BCUT2D eigenvalue weighted by Crippen LogP contribution is 2.36. The fraction of sp³-hybridized carbons (Fsp3) is 1.00. The smallest absolute Gasteiger partial charge is 0.192 e. The van der Waals surface area contributed by atoms with Gasteiger partial charge in [0.15, 0.2) is 18.4 Å². The van der Waals surface area contributed by atoms with Crippen LogP contribution in [0.4, 0.5) is 0 Å². The number of rotatable bonds is 14. The van der Waals surface area contributed by atoms with Gasteiger partial charge in [-0.05, 0) is 27.2 Å². The van der Waals surface area contributed by atoms with Gasteiger partial charge in [-0.15, -0.1) is 0 Å². The summed E-state index contributed by atoms with van der Waals surface area (Å²) in [5, 5.41) is 78.7. The molecule has 0 aliphatic carbocycles. The summed E-state index contributed by atoms with van der Waals surface area (Å²) in [5.41, 5.74) is -1.34. The van der Waals surface area contributed by atoms with Crippen LogP contribution in [-0.4, -0.2) is 121 Å². The molecule has 31 heavy (non-hydrogen) atoms. The number of aliphatic hydroxyl groups excluding tert-OH is 7. The van der Waals surface area contributed by atoms with Gasteiger partial charge in [0.25, 0.3) is 0 Å². The Kier molecular flexibility index (Phi) is 10.7. The van der Waals surface area contributed by atoms with Crippen molar-refractivity contribution in [1.82, 2.24) is 0 Å². The first kappa shape index (κ1) is 28.6. The Labute approximate surface area is 181 Å². The maximum Gasteiger partial charge on any atom is 0.192 e. The molecule has 1 aliphatic rings. The Morgan fingerprint density at radius 3 is 1.87 bits per heavy atom. The molecule has 0 aromatic carbocycles. The molecule has 1 heterocycles. The van der Waals surface area contributed by atoms with E-state index in [2.05, 4.69) is 0 Å². The van der Waals surface area contributed by atoms with Crippen LogP contribution in [0.3, 0.4) is 0 Å². The summed E-state index contributed by atoms with van der Waals surface area (Å²) in [6.45, 7) is 5.62. The van der Waals surface area contributed by atoms with Gasteiger partial charge < -0.3 is 59.8 Å². The second kappa shape index (κ2) is 11.6. The molecule has 0 aromatic rings. The van der Waals surface area contributed by atoms with Crippen molar-refractivity contribution in [3.05, 3.63) is 0 Å². The van der Waals surface area contributed by atoms with Gasteiger partial charge in [0.05, 0.1) is 18.8 Å². The average molecular weight is 459 g/mol. The zero-order chi connectivity index (χ0) is 24.1. The fourth-order valence-electron chi connectivity index (χ4n) is 2.99. The summed E-state index contributed by atoms with van der Waals surface area (Å²) in [6.07, 6.45) is -13.2. The second-order valence-corrected chi connectivity index (χ2v) is 8.51. The Hall–Kier alpha value is -0.480. The van der Waals surface area contributed by atoms with E-state index in [0.29, 0.717) is 0 Å². The molecular weight excluding hydrogens is 420 g/mol. The molecule has 7 unspecified atom stereocenters. The molecule has 0 amide bonds. The first-order valence-electron chi connectivity index (χ1n) is 10.2. The molecule has 12 nitrogen and oxygen atoms in total. The average Bonchev–Trinajstić information content (AvgIpc) is 2.69. The summed E-state index contributed by atoms with van der Waals surface area (Å²) < 4.78 is 21.3. The van der Waals surface area contributed by atoms with Crippen molar-refractivity contribution in [1.29, 1.82) is 0 Å². The molecule has 1 aliphatic heterocycles. The Morgan fingerprint density at radius 1 is 0.903 bits per heavy atom. The SMILES string of the molecule is CCC(O)C(O)C(O)C(O)CC1(C)OC(C(O)C(O)C(COC(C)(C)C(O)O)OC)O1. The highest BCUT2D eigenvalue weighted by Gasteiger charge is 2.51. The molecule has 0 aromatic heterocycles. The van der Waals surface area contributed by atoms with E-state index >= 15 is 0 Å². The van der Waals surface area contributed by atoms with Crippen molar-refractivity contribution < 1.29 is 59.8 Å². The van der Waals surface area contributed by atoms with E-state index in [-0.39, 0.29) is 19.4 Å². The Morgan fingerprint density at radius 2 is 1.42 bits per heavy atom. The zero-order valence-corrected chi connectivity index (χ0v) is 18.5. The van der Waals surface area contributed by atoms with Gasteiger partial charge in [-0.2, -0.15) is 0 Å². The largest absolute Gasteiger partial charge is 0.390 e. The van der Waals surface area contributed by atoms with Gasteiger partial charge in [-0.1, -0.05) is 6.92 Å². The van der Waals surface area contributed by atoms with E-state index in [4.69, 9.17) is 18.9 Å². The Balaban J connectivity index is 2.59. The predicted octanol–water partition coefficient (Wildman–Crippen LogP) is -2.84. The minimum Gasteiger partial charge on any atom is -0.390 e. The summed E-state index contributed by atoms with van der Waals surface area (Å²) >= 11 is 0. The number of methoxy groups -OCH3 is 1. The van der Waals surface area contributed by atoms with Gasteiger partial charge in [0.2, 0.25) is 0 Å². The van der Waals surface area contributed by atoms with Crippen LogP contribution in [0.25, 0.3) is 0 Å². The van der Waals surface area contributed by atoms with Gasteiger partial charge in [-0.25, -0.2) is 0 Å². The second-order valence-electron chi connectivity index (χ2n) is 8.51. The summed E-state index contributed by atoms with van der Waals surface area (Å²) in [7, 11) is 1.27. The van der Waals surface area contributed by atoms with Crippen LogP contribution < -0.4 is 0 Å². The number of aliphatic hydroxyl groups is 8. The van der Waals surface area contributed by atoms with Crippen molar-refractivity contribution >= 4 is 0 Å². The number of ether oxygens (including phenoxy) is 4. The zero-order valence-electron chi connectivity index (χ0n) is 18.5. The lowest BCUT2D eigenvalue weighted by atomic mass is 9.95. The third kappa shape index (κ3) is 7.52. The fourth-order valence-corrected chi connectivity index (χ4v) is 2.99. The summed E-state index contributed by atoms with van der Waals surface area (Å²) in [5.74, 6) is -1.41. The quantitative estimate of drug-likeness (QED) is 0.124. The monoisotopic (exact) mass is 458 g/mol. The van der Waals surface area contributed by atoms with E-state index in [1.165, 1.54) is 27.9 Å². The van der Waals surface area contributed by atoms with Crippen molar-refractivity contribution in [2.24, 2.45) is 0 Å². The number of hydrogen-bond acceptors (Lipinski definition) is 12. The van der Waals surface area contributed by atoms with Gasteiger partial charge >= 0.3 is 0 Å². The third-order valence-corrected chi connectivity index (χ3v) is 5.42. The van der Waals surface area contributed by atoms with Crippen molar-refractivity contribution in [2.75, 3.05) is 13.7 Å². The van der Waals surface area contributed by atoms with Crippen LogP contribution in [0, 0.1) is 0 Å². The maximum atomic E-state index is 10.4. The molecule has 0 saturated carbocycles. The van der Waals surface area contributed by atoms with Crippen LogP contribution >= 0.6 is 0 Å². The highest BCUT2D eigenvalue weighted by molar-refractivity contribution is 4.90. The third-order valence-electron chi connectivity index (χ3n) is 5.42.